The summed E-state index contributed by atoms with van der Waals surface area (Å²) in [5, 5.41) is 15.1. The predicted octanol–water partition coefficient (Wildman–Crippen LogP) is 5.98. The van der Waals surface area contributed by atoms with Crippen LogP contribution in [-0.2, 0) is 9.47 Å². The molecule has 0 aliphatic heterocycles. The summed E-state index contributed by atoms with van der Waals surface area (Å²) in [6.07, 6.45) is 0. The first-order chi connectivity index (χ1) is 24.9. The molecule has 0 spiro atoms. The number of aryl methyl sites for hydroxylation is 2. The lowest BCUT2D eigenvalue weighted by Gasteiger charge is -2.17. The van der Waals surface area contributed by atoms with Crippen molar-refractivity contribution >= 4 is 77.4 Å². The first-order valence-electron chi connectivity index (χ1n) is 17.0. The first kappa shape index (κ1) is 34.2. The topological polar surface area (TPSA) is 128 Å². The molecule has 4 aromatic carbocycles. The van der Waals surface area contributed by atoms with Gasteiger partial charge in [0.2, 0.25) is 0 Å². The van der Waals surface area contributed by atoms with Gasteiger partial charge in [-0.15, -0.1) is 0 Å². The molecular formula is C40H38N6O6. The van der Waals surface area contributed by atoms with E-state index >= 15 is 0 Å². The Balaban J connectivity index is 0.000000162. The predicted molar refractivity (Wildman–Crippen MR) is 205 cm³/mol. The van der Waals surface area contributed by atoms with Gasteiger partial charge in [-0.05, 0) is 52.0 Å². The number of fused-ring (bicyclic) bond motifs is 4. The van der Waals surface area contributed by atoms with E-state index < -0.39 is 11.9 Å². The second-order valence-electron chi connectivity index (χ2n) is 13.0. The quantitative estimate of drug-likeness (QED) is 0.191. The molecule has 0 aliphatic carbocycles. The first-order valence-corrected chi connectivity index (χ1v) is 17.0. The minimum absolute atomic E-state index is 0.229. The summed E-state index contributed by atoms with van der Waals surface area (Å²) < 4.78 is 13.1. The average molecular weight is 699 g/mol. The van der Waals surface area contributed by atoms with E-state index in [0.29, 0.717) is 44.3 Å². The number of pyridine rings is 2. The maximum atomic E-state index is 13.1. The summed E-state index contributed by atoms with van der Waals surface area (Å²) in [4.78, 5) is 55.2. The third kappa shape index (κ3) is 5.04. The highest BCUT2D eigenvalue weighted by Gasteiger charge is 2.26. The fourth-order valence-corrected chi connectivity index (χ4v) is 7.28. The van der Waals surface area contributed by atoms with E-state index in [1.807, 2.05) is 92.6 Å². The van der Waals surface area contributed by atoms with E-state index in [4.69, 9.17) is 9.47 Å². The third-order valence-electron chi connectivity index (χ3n) is 9.43. The van der Waals surface area contributed by atoms with Crippen LogP contribution >= 0.6 is 0 Å². The van der Waals surface area contributed by atoms with Gasteiger partial charge in [0, 0.05) is 71.9 Å². The van der Waals surface area contributed by atoms with Crippen LogP contribution in [0.5, 0.6) is 0 Å². The average Bonchev–Trinajstić information content (AvgIpc) is 3.66. The molecule has 0 N–H and O–H groups in total. The fourth-order valence-electron chi connectivity index (χ4n) is 7.28. The van der Waals surface area contributed by atoms with Gasteiger partial charge in [0.15, 0.2) is 0 Å². The molecule has 0 radical (unpaired) electrons. The van der Waals surface area contributed by atoms with E-state index in [2.05, 4.69) is 10.2 Å². The van der Waals surface area contributed by atoms with E-state index in [1.54, 1.807) is 33.8 Å². The fraction of sp³-hybridized carbons (Fsp3) is 0.250. The van der Waals surface area contributed by atoms with Gasteiger partial charge in [0.05, 0.1) is 46.4 Å². The molecule has 0 aliphatic rings. The Kier molecular flexibility index (Phi) is 8.40. The molecule has 12 nitrogen and oxygen atoms in total. The summed E-state index contributed by atoms with van der Waals surface area (Å²) in [5.74, 6) is -0.911. The van der Waals surface area contributed by atoms with Crippen LogP contribution in [0.3, 0.4) is 0 Å². The molecule has 0 atom stereocenters. The van der Waals surface area contributed by atoms with Crippen molar-refractivity contribution in [2.45, 2.75) is 27.7 Å². The highest BCUT2D eigenvalue weighted by atomic mass is 16.5. The van der Waals surface area contributed by atoms with Gasteiger partial charge in [-0.1, -0.05) is 36.4 Å². The molecule has 52 heavy (non-hydrogen) atoms. The second-order valence-corrected chi connectivity index (χ2v) is 13.0. The number of rotatable bonds is 6. The van der Waals surface area contributed by atoms with Crippen LogP contribution in [0, 0.1) is 13.8 Å². The van der Waals surface area contributed by atoms with Crippen molar-refractivity contribution in [3.8, 4) is 0 Å². The Labute approximate surface area is 298 Å². The molecular weight excluding hydrogens is 660 g/mol. The number of anilines is 2. The molecule has 8 rings (SSSR count). The van der Waals surface area contributed by atoms with Gasteiger partial charge in [-0.2, -0.15) is 19.2 Å². The van der Waals surface area contributed by atoms with Gasteiger partial charge in [0.25, 0.3) is 11.1 Å². The van der Waals surface area contributed by atoms with Crippen LogP contribution in [0.2, 0.25) is 0 Å². The minimum Gasteiger partial charge on any atom is -0.462 e. The Bertz CT molecular complexity index is 2700. The lowest BCUT2D eigenvalue weighted by atomic mass is 9.98. The monoisotopic (exact) mass is 698 g/mol. The largest absolute Gasteiger partial charge is 0.462 e. The number of carbonyl (C=O) groups excluding carboxylic acids is 2. The Morgan fingerprint density at radius 3 is 1.37 bits per heavy atom. The summed E-state index contributed by atoms with van der Waals surface area (Å²) >= 11 is 0. The zero-order valence-corrected chi connectivity index (χ0v) is 30.3. The number of esters is 2. The van der Waals surface area contributed by atoms with Crippen molar-refractivity contribution in [3.63, 3.8) is 0 Å². The Morgan fingerprint density at radius 1 is 0.577 bits per heavy atom. The van der Waals surface area contributed by atoms with Gasteiger partial charge in [0.1, 0.15) is 11.1 Å². The smallest absolute Gasteiger partial charge is 0.342 e. The van der Waals surface area contributed by atoms with Crippen molar-refractivity contribution in [1.29, 1.82) is 0 Å². The van der Waals surface area contributed by atoms with Gasteiger partial charge in [-0.25, -0.2) is 9.59 Å². The molecule has 0 unspecified atom stereocenters. The maximum Gasteiger partial charge on any atom is 0.342 e. The summed E-state index contributed by atoms with van der Waals surface area (Å²) in [7, 11) is 7.86. The van der Waals surface area contributed by atoms with Crippen molar-refractivity contribution in [2.24, 2.45) is 0 Å². The molecule has 0 amide bonds. The van der Waals surface area contributed by atoms with Crippen LogP contribution in [0.15, 0.2) is 70.3 Å². The third-order valence-corrected chi connectivity index (χ3v) is 9.43. The normalized spacial score (nSPS) is 11.5. The van der Waals surface area contributed by atoms with Crippen LogP contribution in [0.1, 0.15) is 46.0 Å². The van der Waals surface area contributed by atoms with Crippen LogP contribution in [0.4, 0.5) is 11.4 Å². The number of nitrogens with zero attached hydrogens (tertiary/aromatic N) is 6. The lowest BCUT2D eigenvalue weighted by molar-refractivity contribution is 0.0518. The van der Waals surface area contributed by atoms with Crippen molar-refractivity contribution < 1.29 is 19.1 Å². The summed E-state index contributed by atoms with van der Waals surface area (Å²) in [5.41, 5.74) is 4.29. The molecule has 12 heteroatoms. The molecule has 0 saturated carbocycles. The summed E-state index contributed by atoms with van der Waals surface area (Å²) in [6.45, 7) is 7.49. The number of ether oxygens (including phenoxy) is 2. The molecule has 4 heterocycles. The molecule has 0 saturated heterocycles. The number of hydrogen-bond donors (Lipinski definition) is 0. The van der Waals surface area contributed by atoms with E-state index in [1.165, 1.54) is 9.03 Å². The van der Waals surface area contributed by atoms with E-state index in [0.717, 1.165) is 43.7 Å². The zero-order valence-electron chi connectivity index (χ0n) is 30.3. The number of hydrogen-bond acceptors (Lipinski definition) is 10. The summed E-state index contributed by atoms with van der Waals surface area (Å²) in [6, 6.07) is 19.2. The maximum absolute atomic E-state index is 13.1. The van der Waals surface area contributed by atoms with E-state index in [-0.39, 0.29) is 24.3 Å². The van der Waals surface area contributed by atoms with Gasteiger partial charge < -0.3 is 19.3 Å². The minimum atomic E-state index is -0.455. The van der Waals surface area contributed by atoms with Crippen molar-refractivity contribution in [1.82, 2.24) is 19.2 Å². The van der Waals surface area contributed by atoms with Gasteiger partial charge >= 0.3 is 11.9 Å². The van der Waals surface area contributed by atoms with Crippen LogP contribution in [-0.4, -0.2) is 72.6 Å². The van der Waals surface area contributed by atoms with Crippen LogP contribution in [0.25, 0.3) is 54.1 Å². The van der Waals surface area contributed by atoms with E-state index in [9.17, 15) is 19.2 Å². The molecule has 4 aromatic heterocycles. The Morgan fingerprint density at radius 2 is 0.942 bits per heavy atom. The van der Waals surface area contributed by atoms with Gasteiger partial charge in [-0.3, -0.25) is 9.59 Å². The van der Waals surface area contributed by atoms with Crippen LogP contribution < -0.4 is 20.9 Å². The standard InChI is InChI=1S/2C20H19N3O3/c1-5-26-20(25)16-11(2)21-23-18(16)13-9-10-15(22(3)4)12-7-6-8-14(17(12)13)19(23)24;1-5-26-20(25)16-11(2)21-23-18(16)13-8-6-7-12-15(22(3)4)10-9-14(17(12)13)19(23)24/h2*6-10H,5H2,1-4H3. The second kappa shape index (κ2) is 12.8. The lowest BCUT2D eigenvalue weighted by Crippen LogP contribution is -2.16. The molecule has 0 fully saturated rings. The SMILES string of the molecule is CCOC(=O)c1c(C)nn2c(=O)c3ccc(N(C)C)c4cccc(c43)c12.CCOC(=O)c1c(C)nn2c(=O)c3cccc4c(N(C)C)ccc(c43)c12. The highest BCUT2D eigenvalue weighted by Crippen LogP contribution is 2.37. The highest BCUT2D eigenvalue weighted by molar-refractivity contribution is 6.22. The zero-order chi connectivity index (χ0) is 37.2. The number of aromatic nitrogens is 4. The number of benzene rings is 4. The molecule has 8 aromatic rings. The molecule has 0 bridgehead atoms. The van der Waals surface area contributed by atoms with Crippen molar-refractivity contribution in [2.75, 3.05) is 51.2 Å². The molecule has 264 valence electrons. The van der Waals surface area contributed by atoms with Crippen molar-refractivity contribution in [3.05, 3.63) is 104 Å². The Hall–Kier alpha value is -6.30. The number of carbonyl (C=O) groups is 2.